The van der Waals surface area contributed by atoms with Gasteiger partial charge in [0, 0.05) is 22.1 Å². The molecule has 0 aliphatic carbocycles. The van der Waals surface area contributed by atoms with Crippen molar-refractivity contribution >= 4 is 72.1 Å². The van der Waals surface area contributed by atoms with E-state index in [2.05, 4.69) is 276 Å². The maximum absolute atomic E-state index is 11.3. The molecule has 0 saturated carbocycles. The summed E-state index contributed by atoms with van der Waals surface area (Å²) in [4.78, 5) is 8.90. The Balaban J connectivity index is 1.03. The highest BCUT2D eigenvalue weighted by Gasteiger charge is 2.26. The van der Waals surface area contributed by atoms with Crippen molar-refractivity contribution in [2.45, 2.75) is 0 Å². The van der Waals surface area contributed by atoms with Gasteiger partial charge in [0.05, 0.1) is 34.9 Å². The Morgan fingerprint density at radius 2 is 0.598 bits per heavy atom. The van der Waals surface area contributed by atoms with Crippen LogP contribution >= 0.6 is 0 Å². The first kappa shape index (κ1) is 49.0. The van der Waals surface area contributed by atoms with E-state index < -0.39 is 0 Å². The summed E-state index contributed by atoms with van der Waals surface area (Å²) in [5, 5.41) is 17.7. The molecule has 14 aromatic rings. The molecule has 0 bridgehead atoms. The van der Waals surface area contributed by atoms with Crippen molar-refractivity contribution in [1.82, 2.24) is 0 Å². The van der Waals surface area contributed by atoms with Crippen LogP contribution in [0.1, 0.15) is 5.56 Å². The number of benzene rings is 14. The van der Waals surface area contributed by atoms with Crippen molar-refractivity contribution in [1.29, 1.82) is 5.26 Å². The molecule has 0 aliphatic rings. The lowest BCUT2D eigenvalue weighted by molar-refractivity contribution is 1.28. The Kier molecular flexibility index (Phi) is 12.6. The summed E-state index contributed by atoms with van der Waals surface area (Å²) in [6.45, 7) is 8.84. The fraction of sp³-hybridized carbons (Fsp3) is 0. The normalized spacial score (nSPS) is 11.1. The van der Waals surface area contributed by atoms with Crippen LogP contribution in [-0.4, -0.2) is 0 Å². The first-order chi connectivity index (χ1) is 40.6. The van der Waals surface area contributed by atoms with Gasteiger partial charge in [0.2, 0.25) is 5.69 Å². The minimum Gasteiger partial charge on any atom is -0.320 e. The van der Waals surface area contributed by atoms with Gasteiger partial charge in [-0.15, -0.1) is 0 Å². The van der Waals surface area contributed by atoms with Gasteiger partial charge in [-0.3, -0.25) is 0 Å². The molecule has 82 heavy (non-hydrogen) atoms. The summed E-state index contributed by atoms with van der Waals surface area (Å²) in [7, 11) is 0. The third kappa shape index (κ3) is 9.03. The van der Waals surface area contributed by atoms with Crippen LogP contribution in [0, 0.1) is 17.9 Å². The Morgan fingerprint density at radius 1 is 0.280 bits per heavy atom. The molecule has 0 aliphatic heterocycles. The van der Waals surface area contributed by atoms with Crippen molar-refractivity contribution < 1.29 is 0 Å². The molecular weight excluding hydrogens is 993 g/mol. The van der Waals surface area contributed by atoms with E-state index >= 15 is 0 Å². The zero-order valence-corrected chi connectivity index (χ0v) is 44.7. The summed E-state index contributed by atoms with van der Waals surface area (Å²) in [6.07, 6.45) is 0. The van der Waals surface area contributed by atoms with Gasteiger partial charge in [-0.05, 0) is 161 Å². The Bertz CT molecular complexity index is 4320. The van der Waals surface area contributed by atoms with E-state index in [1.165, 1.54) is 0 Å². The molecule has 0 amide bonds. The minimum atomic E-state index is 0.538. The number of hydrogen-bond acceptors (Lipinski definition) is 3. The molecule has 0 saturated heterocycles. The zero-order valence-electron chi connectivity index (χ0n) is 44.7. The molecule has 0 aromatic heterocycles. The third-order valence-corrected chi connectivity index (χ3v) is 15.8. The highest BCUT2D eigenvalue weighted by molar-refractivity contribution is 6.28. The fourth-order valence-corrected chi connectivity index (χ4v) is 11.9. The quantitative estimate of drug-likeness (QED) is 0.0903. The molecule has 0 atom stereocenters. The van der Waals surface area contributed by atoms with Gasteiger partial charge in [-0.25, -0.2) is 4.85 Å². The van der Waals surface area contributed by atoms with Crippen LogP contribution < -0.4 is 9.80 Å². The predicted octanol–water partition coefficient (Wildman–Crippen LogP) is 21.9. The molecule has 4 heteroatoms. The van der Waals surface area contributed by atoms with E-state index in [0.29, 0.717) is 11.3 Å². The van der Waals surface area contributed by atoms with E-state index in [-0.39, 0.29) is 0 Å². The first-order valence-corrected chi connectivity index (χ1v) is 27.6. The summed E-state index contributed by atoms with van der Waals surface area (Å²) in [6, 6.07) is 109. The van der Waals surface area contributed by atoms with Gasteiger partial charge >= 0.3 is 0 Å². The zero-order chi connectivity index (χ0) is 54.9. The smallest absolute Gasteiger partial charge is 0.211 e. The number of rotatable bonds is 12. The lowest BCUT2D eigenvalue weighted by Crippen LogP contribution is -2.13. The summed E-state index contributed by atoms with van der Waals surface area (Å²) in [5.74, 6) is 0. The lowest BCUT2D eigenvalue weighted by atomic mass is 9.91. The van der Waals surface area contributed by atoms with E-state index in [1.807, 2.05) is 48.5 Å². The van der Waals surface area contributed by atoms with Gasteiger partial charge in [-0.2, -0.15) is 5.26 Å². The maximum atomic E-state index is 11.3. The molecule has 0 radical (unpaired) electrons. The molecular formula is C78H50N4. The monoisotopic (exact) mass is 1040 g/mol. The number of hydrogen-bond donors (Lipinski definition) is 0. The standard InChI is InChI=1S/C78H50N4/c1-80-72-51-62(54-22-10-3-11-23-54)37-43-76(72)82(69-49-65(57-28-16-6-17-29-57)46-66(50-69)58-30-18-7-19-31-58)75-42-35-60-32-38-70-74(41-34-59-33-39-71(75)78(60)77(59)70)81(73-40-36-61(44-67(73)52-79)53-20-8-2-9-21-53)68-47-63(55-24-12-4-13-25-55)45-64(48-68)56-26-14-5-15-27-56/h2-51H. The predicted molar refractivity (Wildman–Crippen MR) is 343 cm³/mol. The van der Waals surface area contributed by atoms with Gasteiger partial charge in [0.1, 0.15) is 6.07 Å². The second-order valence-electron chi connectivity index (χ2n) is 20.7. The van der Waals surface area contributed by atoms with Crippen LogP contribution in [0.2, 0.25) is 0 Å². The van der Waals surface area contributed by atoms with Gasteiger partial charge in [0.15, 0.2) is 0 Å². The van der Waals surface area contributed by atoms with Crippen LogP contribution in [0.25, 0.3) is 104 Å². The van der Waals surface area contributed by atoms with E-state index in [9.17, 15) is 5.26 Å². The summed E-state index contributed by atoms with van der Waals surface area (Å²) < 4.78 is 0. The fourth-order valence-electron chi connectivity index (χ4n) is 11.9. The number of nitriles is 1. The Labute approximate surface area is 477 Å². The lowest BCUT2D eigenvalue weighted by Gasteiger charge is -2.31. The molecule has 0 unspecified atom stereocenters. The van der Waals surface area contributed by atoms with Crippen LogP contribution in [0.3, 0.4) is 0 Å². The number of nitrogens with zero attached hydrogens (tertiary/aromatic N) is 4. The Morgan fingerprint density at radius 3 is 0.963 bits per heavy atom. The highest BCUT2D eigenvalue weighted by Crippen LogP contribution is 2.51. The van der Waals surface area contributed by atoms with Crippen molar-refractivity contribution in [3.05, 3.63) is 320 Å². The molecule has 0 N–H and O–H groups in total. The van der Waals surface area contributed by atoms with Crippen molar-refractivity contribution in [2.75, 3.05) is 9.80 Å². The largest absolute Gasteiger partial charge is 0.320 e. The minimum absolute atomic E-state index is 0.538. The van der Waals surface area contributed by atoms with Crippen molar-refractivity contribution in [3.8, 4) is 72.8 Å². The van der Waals surface area contributed by atoms with Crippen molar-refractivity contribution in [2.24, 2.45) is 0 Å². The second kappa shape index (κ2) is 21.2. The second-order valence-corrected chi connectivity index (χ2v) is 20.7. The molecule has 14 aromatic carbocycles. The molecule has 0 fully saturated rings. The first-order valence-electron chi connectivity index (χ1n) is 27.6. The average Bonchev–Trinajstić information content (AvgIpc) is 2.50. The van der Waals surface area contributed by atoms with Crippen LogP contribution in [0.5, 0.6) is 0 Å². The molecule has 382 valence electrons. The molecule has 4 nitrogen and oxygen atoms in total. The number of anilines is 6. The Hall–Kier alpha value is -11.3. The van der Waals surface area contributed by atoms with Crippen LogP contribution in [-0.2, 0) is 0 Å². The van der Waals surface area contributed by atoms with Crippen molar-refractivity contribution in [3.63, 3.8) is 0 Å². The van der Waals surface area contributed by atoms with Gasteiger partial charge in [-0.1, -0.05) is 231 Å². The molecule has 0 spiro atoms. The van der Waals surface area contributed by atoms with E-state index in [1.54, 1.807) is 0 Å². The van der Waals surface area contributed by atoms with E-state index in [0.717, 1.165) is 133 Å². The highest BCUT2D eigenvalue weighted by atomic mass is 15.2. The third-order valence-electron chi connectivity index (χ3n) is 15.8. The van der Waals surface area contributed by atoms with Crippen LogP contribution in [0.15, 0.2) is 303 Å². The molecule has 14 rings (SSSR count). The van der Waals surface area contributed by atoms with Gasteiger partial charge in [0.25, 0.3) is 0 Å². The summed E-state index contributed by atoms with van der Waals surface area (Å²) in [5.41, 5.74) is 19.0. The van der Waals surface area contributed by atoms with Crippen LogP contribution in [0.4, 0.5) is 39.8 Å². The SMILES string of the molecule is [C-]#[N+]c1cc(-c2ccccc2)ccc1N(c1cc(-c2ccccc2)cc(-c2ccccc2)c1)c1ccc2ccc3c(N(c4cc(-c5ccccc5)cc(-c5ccccc5)c4)c4ccc(-c5ccccc5)cc4C#N)ccc4ccc1c2c43. The van der Waals surface area contributed by atoms with Gasteiger partial charge < -0.3 is 9.80 Å². The maximum Gasteiger partial charge on any atom is 0.211 e. The van der Waals surface area contributed by atoms with E-state index in [4.69, 9.17) is 6.57 Å². The molecule has 0 heterocycles. The average molecular weight is 1040 g/mol. The summed E-state index contributed by atoms with van der Waals surface area (Å²) >= 11 is 0. The topological polar surface area (TPSA) is 34.6 Å².